The first-order valence-electron chi connectivity index (χ1n) is 10.7. The zero-order chi connectivity index (χ0) is 22.5. The number of aryl methyl sites for hydroxylation is 1. The molecule has 0 saturated heterocycles. The number of hydrogen-bond donors (Lipinski definition) is 1. The van der Waals surface area contributed by atoms with E-state index in [0.29, 0.717) is 12.3 Å². The molecule has 5 nitrogen and oxygen atoms in total. The van der Waals surface area contributed by atoms with Crippen LogP contribution in [0.5, 0.6) is 11.5 Å². The third-order valence-electron chi connectivity index (χ3n) is 5.89. The lowest BCUT2D eigenvalue weighted by Crippen LogP contribution is -2.07. The number of nitrogens with one attached hydrogen (secondary N) is 1. The highest BCUT2D eigenvalue weighted by Gasteiger charge is 2.13. The Hall–Kier alpha value is -3.73. The summed E-state index contributed by atoms with van der Waals surface area (Å²) in [6.07, 6.45) is 1.92. The van der Waals surface area contributed by atoms with E-state index in [1.807, 2.05) is 24.4 Å². The molecule has 164 valence electrons. The number of rotatable bonds is 8. The normalized spacial score (nSPS) is 11.2. The smallest absolute Gasteiger partial charge is 0.161 e. The molecule has 0 aliphatic rings. The van der Waals surface area contributed by atoms with E-state index in [9.17, 15) is 0 Å². The van der Waals surface area contributed by atoms with Gasteiger partial charge in [0.25, 0.3) is 0 Å². The van der Waals surface area contributed by atoms with Crippen LogP contribution in [0.1, 0.15) is 27.9 Å². The Morgan fingerprint density at radius 2 is 1.66 bits per heavy atom. The molecule has 32 heavy (non-hydrogen) atoms. The average molecular weight is 428 g/mol. The molecule has 0 unspecified atom stereocenters. The van der Waals surface area contributed by atoms with Gasteiger partial charge in [-0.2, -0.15) is 5.10 Å². The third kappa shape index (κ3) is 4.33. The second-order valence-corrected chi connectivity index (χ2v) is 7.81. The van der Waals surface area contributed by atoms with E-state index >= 15 is 0 Å². The lowest BCUT2D eigenvalue weighted by atomic mass is 10.1. The summed E-state index contributed by atoms with van der Waals surface area (Å²) in [6.45, 7) is 5.76. The summed E-state index contributed by atoms with van der Waals surface area (Å²) < 4.78 is 13.1. The minimum absolute atomic E-state index is 0.595. The van der Waals surface area contributed by atoms with E-state index in [1.165, 1.54) is 27.7 Å². The molecule has 0 atom stereocenters. The van der Waals surface area contributed by atoms with Gasteiger partial charge in [-0.05, 0) is 48.7 Å². The number of ether oxygens (including phenoxy) is 2. The maximum atomic E-state index is 5.38. The van der Waals surface area contributed by atoms with Crippen molar-refractivity contribution in [2.24, 2.45) is 5.10 Å². The van der Waals surface area contributed by atoms with Crippen LogP contribution in [0.4, 0.5) is 0 Å². The standard InChI is InChI=1S/C27H29N3O2/c1-19-9-5-6-10-22(19)18-30-20(2)24(23-11-7-8-12-25(23)30)17-29-28-16-21-13-14-26(31-3)27(15-21)32-4/h5-15,17,28H,16,18H2,1-4H3/b29-17-. The van der Waals surface area contributed by atoms with E-state index in [-0.39, 0.29) is 0 Å². The van der Waals surface area contributed by atoms with Gasteiger partial charge < -0.3 is 19.5 Å². The lowest BCUT2D eigenvalue weighted by molar-refractivity contribution is 0.354. The van der Waals surface area contributed by atoms with Gasteiger partial charge in [-0.25, -0.2) is 0 Å². The SMILES string of the molecule is COc1ccc(CN/N=C\c2c(C)n(Cc3ccccc3C)c3ccccc23)cc1OC. The van der Waals surface area contributed by atoms with Crippen molar-refractivity contribution in [3.05, 3.63) is 94.7 Å². The molecule has 1 N–H and O–H groups in total. The van der Waals surface area contributed by atoms with Crippen molar-refractivity contribution >= 4 is 17.1 Å². The predicted octanol–water partition coefficient (Wildman–Crippen LogP) is 5.45. The van der Waals surface area contributed by atoms with Crippen molar-refractivity contribution in [3.8, 4) is 11.5 Å². The van der Waals surface area contributed by atoms with Crippen molar-refractivity contribution < 1.29 is 9.47 Å². The molecule has 4 rings (SSSR count). The molecule has 0 spiro atoms. The van der Waals surface area contributed by atoms with Gasteiger partial charge in [-0.3, -0.25) is 0 Å². The molecular weight excluding hydrogens is 398 g/mol. The Balaban J connectivity index is 1.56. The monoisotopic (exact) mass is 427 g/mol. The Bertz CT molecular complexity index is 1260. The van der Waals surface area contributed by atoms with E-state index in [0.717, 1.165) is 23.4 Å². The Labute approximate surface area is 189 Å². The molecule has 1 aromatic heterocycles. The molecule has 0 saturated carbocycles. The van der Waals surface area contributed by atoms with Crippen LogP contribution < -0.4 is 14.9 Å². The van der Waals surface area contributed by atoms with Gasteiger partial charge in [0.15, 0.2) is 11.5 Å². The van der Waals surface area contributed by atoms with Crippen LogP contribution in [0.25, 0.3) is 10.9 Å². The van der Waals surface area contributed by atoms with Crippen LogP contribution >= 0.6 is 0 Å². The topological polar surface area (TPSA) is 47.8 Å². The molecule has 0 aliphatic carbocycles. The maximum absolute atomic E-state index is 5.38. The summed E-state index contributed by atoms with van der Waals surface area (Å²) in [4.78, 5) is 0. The van der Waals surface area contributed by atoms with Gasteiger partial charge in [-0.1, -0.05) is 48.5 Å². The van der Waals surface area contributed by atoms with Gasteiger partial charge in [0, 0.05) is 28.7 Å². The average Bonchev–Trinajstić information content (AvgIpc) is 3.09. The number of nitrogens with zero attached hydrogens (tertiary/aromatic N) is 2. The van der Waals surface area contributed by atoms with E-state index in [1.54, 1.807) is 14.2 Å². The number of fused-ring (bicyclic) bond motifs is 1. The first-order chi connectivity index (χ1) is 15.6. The molecular formula is C27H29N3O2. The van der Waals surface area contributed by atoms with Crippen molar-refractivity contribution in [2.45, 2.75) is 26.9 Å². The van der Waals surface area contributed by atoms with Crippen molar-refractivity contribution in [1.29, 1.82) is 0 Å². The summed E-state index contributed by atoms with van der Waals surface area (Å²) in [5, 5.41) is 5.73. The van der Waals surface area contributed by atoms with Gasteiger partial charge in [0.05, 0.1) is 27.0 Å². The van der Waals surface area contributed by atoms with Crippen molar-refractivity contribution in [3.63, 3.8) is 0 Å². The zero-order valence-electron chi connectivity index (χ0n) is 19.1. The largest absolute Gasteiger partial charge is 0.493 e. The van der Waals surface area contributed by atoms with Crippen LogP contribution in [0, 0.1) is 13.8 Å². The number of benzene rings is 3. The van der Waals surface area contributed by atoms with Gasteiger partial charge in [-0.15, -0.1) is 0 Å². The summed E-state index contributed by atoms with van der Waals surface area (Å²) in [7, 11) is 3.28. The van der Waals surface area contributed by atoms with Crippen molar-refractivity contribution in [1.82, 2.24) is 9.99 Å². The Morgan fingerprint density at radius 1 is 0.906 bits per heavy atom. The highest BCUT2D eigenvalue weighted by atomic mass is 16.5. The highest BCUT2D eigenvalue weighted by Crippen LogP contribution is 2.28. The number of hydrazone groups is 1. The minimum atomic E-state index is 0.595. The van der Waals surface area contributed by atoms with E-state index in [2.05, 4.69) is 77.5 Å². The summed E-state index contributed by atoms with van der Waals surface area (Å²) in [6, 6.07) is 22.9. The lowest BCUT2D eigenvalue weighted by Gasteiger charge is -2.11. The Kier molecular flexibility index (Phi) is 6.45. The third-order valence-corrected chi connectivity index (χ3v) is 5.89. The predicted molar refractivity (Wildman–Crippen MR) is 131 cm³/mol. The van der Waals surface area contributed by atoms with Crippen LogP contribution in [0.3, 0.4) is 0 Å². The highest BCUT2D eigenvalue weighted by molar-refractivity contribution is 6.01. The van der Waals surface area contributed by atoms with E-state index < -0.39 is 0 Å². The molecule has 0 radical (unpaired) electrons. The fourth-order valence-electron chi connectivity index (χ4n) is 4.02. The minimum Gasteiger partial charge on any atom is -0.493 e. The second-order valence-electron chi connectivity index (χ2n) is 7.81. The number of para-hydroxylation sites is 1. The first-order valence-corrected chi connectivity index (χ1v) is 10.7. The quantitative estimate of drug-likeness (QED) is 0.301. The molecule has 3 aromatic carbocycles. The molecule has 0 amide bonds. The fraction of sp³-hybridized carbons (Fsp3) is 0.222. The van der Waals surface area contributed by atoms with Crippen LogP contribution in [0.15, 0.2) is 71.8 Å². The van der Waals surface area contributed by atoms with Crippen molar-refractivity contribution in [2.75, 3.05) is 14.2 Å². The molecule has 5 heteroatoms. The summed E-state index contributed by atoms with van der Waals surface area (Å²) in [5.74, 6) is 1.43. The van der Waals surface area contributed by atoms with Gasteiger partial charge in [0.2, 0.25) is 0 Å². The van der Waals surface area contributed by atoms with Crippen LogP contribution in [-0.4, -0.2) is 25.0 Å². The molecule has 0 bridgehead atoms. The fourth-order valence-corrected chi connectivity index (χ4v) is 4.02. The summed E-state index contributed by atoms with van der Waals surface area (Å²) in [5.41, 5.74) is 10.4. The van der Waals surface area contributed by atoms with Gasteiger partial charge >= 0.3 is 0 Å². The first kappa shape index (κ1) is 21.5. The summed E-state index contributed by atoms with van der Waals surface area (Å²) >= 11 is 0. The molecule has 0 fully saturated rings. The number of aromatic nitrogens is 1. The zero-order valence-corrected chi connectivity index (χ0v) is 19.1. The van der Waals surface area contributed by atoms with Crippen LogP contribution in [0.2, 0.25) is 0 Å². The molecule has 4 aromatic rings. The Morgan fingerprint density at radius 3 is 2.44 bits per heavy atom. The molecule has 1 heterocycles. The number of methoxy groups -OCH3 is 2. The molecule has 0 aliphatic heterocycles. The number of hydrogen-bond acceptors (Lipinski definition) is 4. The van der Waals surface area contributed by atoms with Gasteiger partial charge in [0.1, 0.15) is 0 Å². The van der Waals surface area contributed by atoms with Crippen LogP contribution in [-0.2, 0) is 13.1 Å². The maximum Gasteiger partial charge on any atom is 0.161 e. The second kappa shape index (κ2) is 9.60. The van der Waals surface area contributed by atoms with E-state index in [4.69, 9.17) is 9.47 Å².